The molecule has 0 aromatic heterocycles. The predicted octanol–water partition coefficient (Wildman–Crippen LogP) is 4.68. The Bertz CT molecular complexity index is 1380. The number of halogens is 1. The Morgan fingerprint density at radius 3 is 2.42 bits per heavy atom. The summed E-state index contributed by atoms with van der Waals surface area (Å²) in [6, 6.07) is 3.85. The van der Waals surface area contributed by atoms with Gasteiger partial charge >= 0.3 is 12.2 Å². The number of hydrogen-bond donors (Lipinski definition) is 4. The summed E-state index contributed by atoms with van der Waals surface area (Å²) in [5.74, 6) is -0.792. The summed E-state index contributed by atoms with van der Waals surface area (Å²) < 4.78 is 21.1. The summed E-state index contributed by atoms with van der Waals surface area (Å²) in [6.07, 6.45) is 9.12. The second-order valence-electron chi connectivity index (χ2n) is 13.4. The normalized spacial score (nSPS) is 20.8. The van der Waals surface area contributed by atoms with Crippen molar-refractivity contribution >= 4 is 42.2 Å². The van der Waals surface area contributed by atoms with Crippen molar-refractivity contribution in [3.63, 3.8) is 0 Å². The minimum absolute atomic E-state index is 0.157. The molecule has 48 heavy (non-hydrogen) atoms. The lowest BCUT2D eigenvalue weighted by Gasteiger charge is -2.30. The number of rotatable bonds is 12. The highest BCUT2D eigenvalue weighted by Gasteiger charge is 2.40. The van der Waals surface area contributed by atoms with E-state index in [2.05, 4.69) is 21.9 Å². The average molecular weight is 690 g/mol. The topological polar surface area (TPSA) is 157 Å². The first-order valence-electron chi connectivity index (χ1n) is 16.0. The third kappa shape index (κ3) is 11.4. The first kappa shape index (κ1) is 38.5. The molecular formula is C34H48FN5O7S. The fraction of sp³-hybridized carbons (Fsp3) is 0.559. The van der Waals surface area contributed by atoms with Crippen LogP contribution in [0.15, 0.2) is 43.0 Å². The van der Waals surface area contributed by atoms with Crippen LogP contribution in [-0.2, 0) is 32.2 Å². The molecule has 3 aliphatic rings. The van der Waals surface area contributed by atoms with Crippen molar-refractivity contribution in [3.05, 3.63) is 60.0 Å². The van der Waals surface area contributed by atoms with Crippen molar-refractivity contribution in [1.82, 2.24) is 25.2 Å². The van der Waals surface area contributed by atoms with Crippen LogP contribution in [0.3, 0.4) is 0 Å². The molecule has 14 heteroatoms. The van der Waals surface area contributed by atoms with Crippen LogP contribution in [0.25, 0.3) is 0 Å². The van der Waals surface area contributed by atoms with Crippen molar-refractivity contribution in [3.8, 4) is 0 Å². The number of carboxylic acid groups (broad SMARTS) is 1. The number of nitrogens with one attached hydrogen (secondary N) is 3. The van der Waals surface area contributed by atoms with Gasteiger partial charge < -0.3 is 25.3 Å². The van der Waals surface area contributed by atoms with Gasteiger partial charge in [0.25, 0.3) is 5.91 Å². The Morgan fingerprint density at radius 2 is 1.83 bits per heavy atom. The van der Waals surface area contributed by atoms with Crippen molar-refractivity contribution in [2.75, 3.05) is 7.05 Å². The van der Waals surface area contributed by atoms with Gasteiger partial charge in [0.2, 0.25) is 5.91 Å². The number of nitrogens with zero attached hydrogens (tertiary/aromatic N) is 2. The van der Waals surface area contributed by atoms with E-state index < -0.39 is 29.4 Å². The Balaban J connectivity index is 0.000000396. The molecule has 2 aliphatic heterocycles. The molecule has 2 fully saturated rings. The SMILES string of the molecule is C=C[C@@](C)(NC(=O)C1CCC(C/C=C\CC(C=O)NC(=O)OC(C)(C)C)N1C)C(=O)NSC1CC1.O=C(O)N1Cc2cccc(F)c2C1. The molecule has 4 amide bonds. The summed E-state index contributed by atoms with van der Waals surface area (Å²) in [6.45, 7) is 11.1. The van der Waals surface area contributed by atoms with Gasteiger partial charge in [0.05, 0.1) is 18.6 Å². The molecule has 12 nitrogen and oxygen atoms in total. The maximum atomic E-state index is 13.1. The first-order chi connectivity index (χ1) is 22.6. The van der Waals surface area contributed by atoms with Gasteiger partial charge in [-0.1, -0.05) is 30.4 Å². The standard InChI is InChI=1S/C25H40N4O5S.C9H8FNO2/c1-7-25(5,22(32)28-35-19-13-14-19)27-21(31)20-15-12-18(29(20)6)11-9-8-10-17(16-30)26-23(33)34-24(2,3)4;10-8-3-1-2-6-4-11(9(12)13)5-7(6)8/h7-9,16-20H,1,10-15H2,2-6H3,(H,26,33)(H,27,31)(H,28,32);1-3H,4-5H2,(H,12,13)/b9-8-;/t17?,18?,20?,25-;/m1./s1. The number of amides is 4. The van der Waals surface area contributed by atoms with Crippen LogP contribution in [0.5, 0.6) is 0 Å². The highest BCUT2D eigenvalue weighted by atomic mass is 32.2. The summed E-state index contributed by atoms with van der Waals surface area (Å²) in [4.78, 5) is 62.6. The van der Waals surface area contributed by atoms with Crippen molar-refractivity contribution in [1.29, 1.82) is 0 Å². The van der Waals surface area contributed by atoms with Crippen molar-refractivity contribution in [2.45, 2.75) is 114 Å². The van der Waals surface area contributed by atoms with Crippen molar-refractivity contribution in [2.24, 2.45) is 0 Å². The van der Waals surface area contributed by atoms with E-state index in [-0.39, 0.29) is 36.3 Å². The molecule has 1 saturated heterocycles. The largest absolute Gasteiger partial charge is 0.465 e. The number of hydrogen-bond acceptors (Lipinski definition) is 8. The zero-order valence-electron chi connectivity index (χ0n) is 28.3. The van der Waals surface area contributed by atoms with E-state index in [1.165, 1.54) is 29.0 Å². The number of carbonyl (C=O) groups is 5. The van der Waals surface area contributed by atoms with Gasteiger partial charge in [-0.15, -0.1) is 6.58 Å². The molecule has 0 spiro atoms. The van der Waals surface area contributed by atoms with E-state index in [1.54, 1.807) is 39.8 Å². The molecule has 0 bridgehead atoms. The quantitative estimate of drug-likeness (QED) is 0.139. The Morgan fingerprint density at radius 1 is 1.12 bits per heavy atom. The number of ether oxygens (including phenoxy) is 1. The predicted molar refractivity (Wildman–Crippen MR) is 181 cm³/mol. The number of alkyl carbamates (subject to hydrolysis) is 1. The third-order valence-electron chi connectivity index (χ3n) is 8.28. The van der Waals surface area contributed by atoms with Crippen LogP contribution in [0.2, 0.25) is 0 Å². The summed E-state index contributed by atoms with van der Waals surface area (Å²) >= 11 is 1.40. The van der Waals surface area contributed by atoms with E-state index in [1.807, 2.05) is 24.1 Å². The second-order valence-corrected chi connectivity index (χ2v) is 14.5. The molecule has 4 N–H and O–H groups in total. The van der Waals surface area contributed by atoms with E-state index in [4.69, 9.17) is 9.84 Å². The molecule has 3 unspecified atom stereocenters. The van der Waals surface area contributed by atoms with Gasteiger partial charge in [-0.05, 0) is 96.8 Å². The Labute approximate surface area is 286 Å². The van der Waals surface area contributed by atoms with Gasteiger partial charge in [0.15, 0.2) is 0 Å². The number of fused-ring (bicyclic) bond motifs is 1. The van der Waals surface area contributed by atoms with Crippen LogP contribution >= 0.6 is 11.9 Å². The molecule has 1 aliphatic carbocycles. The molecular weight excluding hydrogens is 641 g/mol. The molecule has 1 saturated carbocycles. The maximum absolute atomic E-state index is 13.1. The molecule has 0 radical (unpaired) electrons. The Hall–Kier alpha value is -3.91. The van der Waals surface area contributed by atoms with E-state index >= 15 is 0 Å². The molecule has 264 valence electrons. The number of aldehydes is 1. The van der Waals surface area contributed by atoms with Gasteiger partial charge in [0, 0.05) is 23.4 Å². The number of likely N-dealkylation sites (N-methyl/N-ethyl adjacent to an activating group) is 1. The fourth-order valence-corrected chi connectivity index (χ4v) is 6.06. The Kier molecular flexibility index (Phi) is 13.6. The fourth-order valence-electron chi connectivity index (χ4n) is 5.20. The van der Waals surface area contributed by atoms with Gasteiger partial charge in [-0.2, -0.15) is 0 Å². The summed E-state index contributed by atoms with van der Waals surface area (Å²) in [5, 5.41) is 14.6. The average Bonchev–Trinajstić information content (AvgIpc) is 3.61. The smallest absolute Gasteiger partial charge is 0.408 e. The van der Waals surface area contributed by atoms with Crippen molar-refractivity contribution < 1.29 is 38.2 Å². The lowest BCUT2D eigenvalue weighted by molar-refractivity contribution is -0.132. The molecule has 4 atom stereocenters. The van der Waals surface area contributed by atoms with Crippen LogP contribution in [0, 0.1) is 5.82 Å². The van der Waals surface area contributed by atoms with Gasteiger partial charge in [-0.3, -0.25) is 24.1 Å². The van der Waals surface area contributed by atoms with Crippen LogP contribution in [0.1, 0.15) is 77.3 Å². The minimum Gasteiger partial charge on any atom is -0.465 e. The third-order valence-corrected chi connectivity index (χ3v) is 9.38. The van der Waals surface area contributed by atoms with Gasteiger partial charge in [-0.25, -0.2) is 14.0 Å². The zero-order valence-corrected chi connectivity index (χ0v) is 29.1. The van der Waals surface area contributed by atoms with Crippen LogP contribution in [0.4, 0.5) is 14.0 Å². The van der Waals surface area contributed by atoms with E-state index in [0.717, 1.165) is 24.8 Å². The summed E-state index contributed by atoms with van der Waals surface area (Å²) in [5.41, 5.74) is -0.540. The molecule has 1 aromatic carbocycles. The highest BCUT2D eigenvalue weighted by Crippen LogP contribution is 2.32. The first-order valence-corrected chi connectivity index (χ1v) is 16.9. The molecule has 2 heterocycles. The summed E-state index contributed by atoms with van der Waals surface area (Å²) in [7, 11) is 1.91. The number of benzene rings is 1. The van der Waals surface area contributed by atoms with Crippen LogP contribution < -0.4 is 15.4 Å². The van der Waals surface area contributed by atoms with Gasteiger partial charge in [0.1, 0.15) is 23.2 Å². The lowest BCUT2D eigenvalue weighted by Crippen LogP contribution is -2.58. The van der Waals surface area contributed by atoms with E-state index in [9.17, 15) is 28.4 Å². The minimum atomic E-state index is -1.18. The second kappa shape index (κ2) is 17.0. The van der Waals surface area contributed by atoms with Crippen LogP contribution in [-0.4, -0.2) is 86.8 Å². The maximum Gasteiger partial charge on any atom is 0.408 e. The molecule has 1 aromatic rings. The van der Waals surface area contributed by atoms with E-state index in [0.29, 0.717) is 42.9 Å². The number of carbonyl (C=O) groups excluding carboxylic acids is 4. The highest BCUT2D eigenvalue weighted by molar-refractivity contribution is 7.98. The zero-order chi connectivity index (χ0) is 35.6. The molecule has 4 rings (SSSR count). The monoisotopic (exact) mass is 689 g/mol. The lowest BCUT2D eigenvalue weighted by atomic mass is 10.0. The number of likely N-dealkylation sites (tertiary alicyclic amines) is 1.